The Kier molecular flexibility index (Phi) is 5.10. The molecule has 2 aromatic rings. The van der Waals surface area contributed by atoms with Crippen molar-refractivity contribution in [1.82, 2.24) is 10.3 Å². The molecule has 0 saturated heterocycles. The first-order chi connectivity index (χ1) is 12.7. The minimum atomic E-state index is -1.01. The molecule has 2 N–H and O–H groups in total. The fraction of sp³-hybridized carbons (Fsp3) is 0.421. The largest absolute Gasteiger partial charge is 0.486 e. The lowest BCUT2D eigenvalue weighted by Gasteiger charge is -2.27. The first-order valence-electron chi connectivity index (χ1n) is 8.62. The molecule has 7 nitrogen and oxygen atoms in total. The molecule has 1 atom stereocenters. The zero-order valence-corrected chi connectivity index (χ0v) is 16.5. The highest BCUT2D eigenvalue weighted by molar-refractivity contribution is 7.13. The number of carbonyl (C=O) groups excluding carboxylic acids is 1. The second-order valence-electron chi connectivity index (χ2n) is 6.95. The number of aromatic nitrogens is 1. The zero-order chi connectivity index (χ0) is 19.8. The van der Waals surface area contributed by atoms with Crippen molar-refractivity contribution in [3.63, 3.8) is 0 Å². The number of carbonyl (C=O) groups is 2. The molecule has 0 radical (unpaired) electrons. The van der Waals surface area contributed by atoms with Gasteiger partial charge in [0.15, 0.2) is 11.5 Å². The molecule has 0 fully saturated rings. The van der Waals surface area contributed by atoms with Crippen LogP contribution >= 0.6 is 11.3 Å². The van der Waals surface area contributed by atoms with Crippen molar-refractivity contribution in [3.05, 3.63) is 39.3 Å². The molecule has 1 aromatic heterocycles. The van der Waals surface area contributed by atoms with E-state index in [-0.39, 0.29) is 10.8 Å². The zero-order valence-electron chi connectivity index (χ0n) is 15.7. The van der Waals surface area contributed by atoms with E-state index in [0.717, 1.165) is 16.9 Å². The van der Waals surface area contributed by atoms with Gasteiger partial charge in [-0.3, -0.25) is 4.79 Å². The molecule has 8 heteroatoms. The highest BCUT2D eigenvalue weighted by atomic mass is 32.1. The summed E-state index contributed by atoms with van der Waals surface area (Å²) in [6, 6.07) is 5.10. The van der Waals surface area contributed by atoms with E-state index in [2.05, 4.69) is 10.3 Å². The molecule has 1 amide bonds. The summed E-state index contributed by atoms with van der Waals surface area (Å²) in [6.45, 7) is 8.10. The molecule has 27 heavy (non-hydrogen) atoms. The second kappa shape index (κ2) is 7.19. The van der Waals surface area contributed by atoms with Crippen LogP contribution in [0.25, 0.3) is 0 Å². The first-order valence-corrected chi connectivity index (χ1v) is 9.43. The number of carboxylic acids is 1. The summed E-state index contributed by atoms with van der Waals surface area (Å²) < 4.78 is 11.1. The number of fused-ring (bicyclic) bond motifs is 1. The van der Waals surface area contributed by atoms with E-state index in [1.807, 2.05) is 32.0 Å². The van der Waals surface area contributed by atoms with Crippen LogP contribution in [0.2, 0.25) is 0 Å². The Morgan fingerprint density at radius 1 is 1.26 bits per heavy atom. The van der Waals surface area contributed by atoms with E-state index >= 15 is 0 Å². The molecule has 1 unspecified atom stereocenters. The summed E-state index contributed by atoms with van der Waals surface area (Å²) >= 11 is 1.08. The predicted molar refractivity (Wildman–Crippen MR) is 101 cm³/mol. The molecular weight excluding hydrogens is 368 g/mol. The monoisotopic (exact) mass is 390 g/mol. The Labute approximate surface area is 161 Å². The normalized spacial score (nSPS) is 14.5. The van der Waals surface area contributed by atoms with Gasteiger partial charge in [0, 0.05) is 0 Å². The average Bonchev–Trinajstić information content (AvgIpc) is 3.03. The third-order valence-electron chi connectivity index (χ3n) is 4.56. The average molecular weight is 390 g/mol. The van der Waals surface area contributed by atoms with Crippen LogP contribution in [-0.4, -0.2) is 35.2 Å². The summed E-state index contributed by atoms with van der Waals surface area (Å²) in [5.41, 5.74) is 0.444. The first kappa shape index (κ1) is 19.2. The van der Waals surface area contributed by atoms with Gasteiger partial charge in [0.1, 0.15) is 23.1 Å². The number of carboxylic acid groups (broad SMARTS) is 1. The summed E-state index contributed by atoms with van der Waals surface area (Å²) in [7, 11) is 0. The highest BCUT2D eigenvalue weighted by Crippen LogP contribution is 2.35. The van der Waals surface area contributed by atoms with Crippen molar-refractivity contribution < 1.29 is 24.2 Å². The number of nitrogens with zero attached hydrogens (tertiary/aromatic N) is 1. The summed E-state index contributed by atoms with van der Waals surface area (Å²) in [5.74, 6) is 0.117. The van der Waals surface area contributed by atoms with E-state index in [0.29, 0.717) is 35.4 Å². The lowest BCUT2D eigenvalue weighted by atomic mass is 9.83. The SMILES string of the molecule is Cc1nc(C(C)NC(=O)C(C)(C)c2ccc3c(c2)OCCO3)sc1C(=O)O. The smallest absolute Gasteiger partial charge is 0.347 e. The maximum atomic E-state index is 12.9. The van der Waals surface area contributed by atoms with Gasteiger partial charge in [0.2, 0.25) is 5.91 Å². The van der Waals surface area contributed by atoms with Crippen LogP contribution in [0.15, 0.2) is 18.2 Å². The van der Waals surface area contributed by atoms with Gasteiger partial charge in [-0.25, -0.2) is 9.78 Å². The summed E-state index contributed by atoms with van der Waals surface area (Å²) in [4.78, 5) is 28.6. The molecule has 1 aromatic carbocycles. The van der Waals surface area contributed by atoms with Crippen LogP contribution in [0.1, 0.15) is 52.7 Å². The summed E-state index contributed by atoms with van der Waals surface area (Å²) in [6.07, 6.45) is 0. The van der Waals surface area contributed by atoms with E-state index in [1.165, 1.54) is 0 Å². The number of aromatic carboxylic acids is 1. The highest BCUT2D eigenvalue weighted by Gasteiger charge is 2.33. The Balaban J connectivity index is 1.78. The summed E-state index contributed by atoms with van der Waals surface area (Å²) in [5, 5.41) is 12.7. The third-order valence-corrected chi connectivity index (χ3v) is 5.89. The predicted octanol–water partition coefficient (Wildman–Crippen LogP) is 3.08. The minimum absolute atomic E-state index is 0.184. The maximum absolute atomic E-state index is 12.9. The van der Waals surface area contributed by atoms with Gasteiger partial charge in [0.25, 0.3) is 0 Å². The van der Waals surface area contributed by atoms with Gasteiger partial charge in [0.05, 0.1) is 17.2 Å². The molecule has 0 spiro atoms. The van der Waals surface area contributed by atoms with Crippen molar-refractivity contribution in [2.45, 2.75) is 39.2 Å². The molecule has 0 bridgehead atoms. The molecule has 1 aliphatic rings. The van der Waals surface area contributed by atoms with Gasteiger partial charge in [-0.2, -0.15) is 0 Å². The fourth-order valence-electron chi connectivity index (χ4n) is 2.80. The van der Waals surface area contributed by atoms with Crippen LogP contribution in [-0.2, 0) is 10.2 Å². The van der Waals surface area contributed by atoms with Crippen LogP contribution in [0.4, 0.5) is 0 Å². The Hall–Kier alpha value is -2.61. The number of hydrogen-bond donors (Lipinski definition) is 2. The molecule has 0 aliphatic carbocycles. The van der Waals surface area contributed by atoms with Crippen molar-refractivity contribution in [3.8, 4) is 11.5 Å². The number of nitrogens with one attached hydrogen (secondary N) is 1. The van der Waals surface area contributed by atoms with E-state index in [4.69, 9.17) is 9.47 Å². The molecule has 144 valence electrons. The van der Waals surface area contributed by atoms with Crippen molar-refractivity contribution >= 4 is 23.2 Å². The van der Waals surface area contributed by atoms with Gasteiger partial charge in [-0.05, 0) is 45.4 Å². The quantitative estimate of drug-likeness (QED) is 0.814. The molecule has 0 saturated carbocycles. The van der Waals surface area contributed by atoms with Crippen LogP contribution in [0.3, 0.4) is 0 Å². The number of thiazole rings is 1. The lowest BCUT2D eigenvalue weighted by Crippen LogP contribution is -2.41. The van der Waals surface area contributed by atoms with Crippen LogP contribution in [0, 0.1) is 6.92 Å². The number of rotatable bonds is 5. The molecule has 2 heterocycles. The molecular formula is C19H22N2O5S. The Bertz CT molecular complexity index is 890. The molecule has 1 aliphatic heterocycles. The Morgan fingerprint density at radius 3 is 2.56 bits per heavy atom. The van der Waals surface area contributed by atoms with Crippen molar-refractivity contribution in [1.29, 1.82) is 0 Å². The number of amides is 1. The number of ether oxygens (including phenoxy) is 2. The van der Waals surface area contributed by atoms with Gasteiger partial charge in [-0.15, -0.1) is 11.3 Å². The van der Waals surface area contributed by atoms with Crippen molar-refractivity contribution in [2.24, 2.45) is 0 Å². The maximum Gasteiger partial charge on any atom is 0.347 e. The third kappa shape index (κ3) is 3.75. The fourth-order valence-corrected chi connectivity index (χ4v) is 3.71. The molecule has 3 rings (SSSR count). The minimum Gasteiger partial charge on any atom is -0.486 e. The lowest BCUT2D eigenvalue weighted by molar-refractivity contribution is -0.126. The number of benzene rings is 1. The van der Waals surface area contributed by atoms with Gasteiger partial charge < -0.3 is 19.9 Å². The van der Waals surface area contributed by atoms with E-state index in [1.54, 1.807) is 13.8 Å². The van der Waals surface area contributed by atoms with Crippen LogP contribution in [0.5, 0.6) is 11.5 Å². The number of aryl methyl sites for hydroxylation is 1. The van der Waals surface area contributed by atoms with Gasteiger partial charge >= 0.3 is 5.97 Å². The van der Waals surface area contributed by atoms with Crippen LogP contribution < -0.4 is 14.8 Å². The van der Waals surface area contributed by atoms with E-state index in [9.17, 15) is 14.7 Å². The van der Waals surface area contributed by atoms with Gasteiger partial charge in [-0.1, -0.05) is 6.07 Å². The van der Waals surface area contributed by atoms with E-state index < -0.39 is 17.4 Å². The second-order valence-corrected chi connectivity index (χ2v) is 7.98. The van der Waals surface area contributed by atoms with Crippen molar-refractivity contribution in [2.75, 3.05) is 13.2 Å². The standard InChI is InChI=1S/C19H22N2O5S/c1-10-15(17(22)23)27-16(20-10)11(2)21-18(24)19(3,4)12-5-6-13-14(9-12)26-8-7-25-13/h5-6,9,11H,7-8H2,1-4H3,(H,21,24)(H,22,23). The Morgan fingerprint density at radius 2 is 1.93 bits per heavy atom. The topological polar surface area (TPSA) is 97.8 Å². The number of hydrogen-bond acceptors (Lipinski definition) is 6.